The first kappa shape index (κ1) is 16.4. The van der Waals surface area contributed by atoms with E-state index in [0.717, 1.165) is 25.7 Å². The fourth-order valence-electron chi connectivity index (χ4n) is 2.10. The highest BCUT2D eigenvalue weighted by atomic mass is 32.2. The molecule has 1 saturated carbocycles. The highest BCUT2D eigenvalue weighted by Gasteiger charge is 2.21. The van der Waals surface area contributed by atoms with Crippen LogP contribution in [-0.2, 0) is 24.9 Å². The van der Waals surface area contributed by atoms with Crippen molar-refractivity contribution in [2.45, 2.75) is 41.6 Å². The third-order valence-electron chi connectivity index (χ3n) is 3.34. The molecular formula is C12H18N2O5S2. The van der Waals surface area contributed by atoms with Crippen LogP contribution in [0.2, 0.25) is 0 Å². The van der Waals surface area contributed by atoms with Gasteiger partial charge in [-0.25, -0.2) is 21.6 Å². The second-order valence-corrected chi connectivity index (χ2v) is 8.32. The van der Waals surface area contributed by atoms with Crippen LogP contribution in [0, 0.1) is 0 Å². The molecule has 1 fully saturated rings. The summed E-state index contributed by atoms with van der Waals surface area (Å²) >= 11 is 0. The summed E-state index contributed by atoms with van der Waals surface area (Å²) in [7, 11) is -6.10. The van der Waals surface area contributed by atoms with Crippen LogP contribution in [0.15, 0.2) is 34.1 Å². The van der Waals surface area contributed by atoms with E-state index in [9.17, 15) is 16.8 Å². The zero-order valence-electron chi connectivity index (χ0n) is 11.6. The van der Waals surface area contributed by atoms with Crippen molar-refractivity contribution in [3.63, 3.8) is 0 Å². The summed E-state index contributed by atoms with van der Waals surface area (Å²) in [6.45, 7) is 0. The van der Waals surface area contributed by atoms with Crippen LogP contribution in [0.25, 0.3) is 0 Å². The lowest BCUT2D eigenvalue weighted by Gasteiger charge is -2.12. The first-order valence-electron chi connectivity index (χ1n) is 6.56. The molecule has 0 saturated heterocycles. The molecule has 2 rings (SSSR count). The normalized spacial score (nSPS) is 17.2. The summed E-state index contributed by atoms with van der Waals surface area (Å²) in [5.74, 6) is 0. The summed E-state index contributed by atoms with van der Waals surface area (Å²) in [5.41, 5.74) is 0. The number of sulfonamides is 2. The van der Waals surface area contributed by atoms with Crippen molar-refractivity contribution in [2.75, 3.05) is 7.05 Å². The Morgan fingerprint density at radius 2 is 1.43 bits per heavy atom. The molecule has 1 aromatic rings. The number of hydrogen-bond donors (Lipinski definition) is 2. The van der Waals surface area contributed by atoms with Crippen LogP contribution in [0.4, 0.5) is 0 Å². The van der Waals surface area contributed by atoms with Crippen LogP contribution >= 0.6 is 0 Å². The molecule has 0 aliphatic heterocycles. The molecule has 0 spiro atoms. The molecule has 2 N–H and O–H groups in total. The molecule has 0 amide bonds. The average Bonchev–Trinajstić information content (AvgIpc) is 2.99. The molecule has 1 aliphatic carbocycles. The Balaban J connectivity index is 2.09. The first-order valence-corrected chi connectivity index (χ1v) is 9.53. The molecule has 0 radical (unpaired) electrons. The highest BCUT2D eigenvalue weighted by Crippen LogP contribution is 2.21. The minimum atomic E-state index is -3.80. The second-order valence-electron chi connectivity index (χ2n) is 4.79. The van der Waals surface area contributed by atoms with Gasteiger partial charge in [0.25, 0.3) is 10.0 Å². The summed E-state index contributed by atoms with van der Waals surface area (Å²) in [4.78, 5) is 7.22. The molecule has 1 aliphatic rings. The Hall–Kier alpha value is -1.00. The topological polar surface area (TPSA) is 102 Å². The van der Waals surface area contributed by atoms with Crippen molar-refractivity contribution in [3.05, 3.63) is 24.3 Å². The Morgan fingerprint density at radius 3 is 1.90 bits per heavy atom. The van der Waals surface area contributed by atoms with E-state index in [-0.39, 0.29) is 15.9 Å². The Bertz CT molecular complexity index is 677. The Morgan fingerprint density at radius 1 is 0.952 bits per heavy atom. The molecule has 0 unspecified atom stereocenters. The minimum Gasteiger partial charge on any atom is -0.284 e. The summed E-state index contributed by atoms with van der Waals surface area (Å²) in [6.07, 6.45) is 3.64. The molecular weight excluding hydrogens is 316 g/mol. The van der Waals surface area contributed by atoms with E-state index in [2.05, 4.69) is 9.61 Å². The lowest BCUT2D eigenvalue weighted by Crippen LogP contribution is -2.28. The van der Waals surface area contributed by atoms with E-state index in [0.29, 0.717) is 0 Å². The highest BCUT2D eigenvalue weighted by molar-refractivity contribution is 7.89. The van der Waals surface area contributed by atoms with E-state index in [4.69, 9.17) is 4.84 Å². The number of benzene rings is 1. The number of hydrogen-bond acceptors (Lipinski definition) is 5. The van der Waals surface area contributed by atoms with Crippen molar-refractivity contribution < 1.29 is 21.7 Å². The zero-order chi connectivity index (χ0) is 15.5. The second kappa shape index (κ2) is 6.41. The Labute approximate surface area is 124 Å². The van der Waals surface area contributed by atoms with Crippen molar-refractivity contribution in [1.82, 2.24) is 9.61 Å². The van der Waals surface area contributed by atoms with Gasteiger partial charge < -0.3 is 0 Å². The van der Waals surface area contributed by atoms with Crippen LogP contribution in [0.5, 0.6) is 0 Å². The van der Waals surface area contributed by atoms with E-state index >= 15 is 0 Å². The van der Waals surface area contributed by atoms with Gasteiger partial charge in [-0.2, -0.15) is 0 Å². The molecule has 0 aromatic heterocycles. The van der Waals surface area contributed by atoms with Gasteiger partial charge >= 0.3 is 0 Å². The van der Waals surface area contributed by atoms with Gasteiger partial charge in [0.15, 0.2) is 0 Å². The predicted molar refractivity (Wildman–Crippen MR) is 76.4 cm³/mol. The van der Waals surface area contributed by atoms with E-state index in [1.807, 2.05) is 0 Å². The fraction of sp³-hybridized carbons (Fsp3) is 0.500. The van der Waals surface area contributed by atoms with Gasteiger partial charge in [-0.3, -0.25) is 4.84 Å². The molecule has 118 valence electrons. The lowest BCUT2D eigenvalue weighted by atomic mass is 10.3. The smallest absolute Gasteiger partial charge is 0.262 e. The first-order chi connectivity index (χ1) is 9.85. The van der Waals surface area contributed by atoms with Gasteiger partial charge in [0, 0.05) is 0 Å². The molecule has 21 heavy (non-hydrogen) atoms. The number of rotatable bonds is 6. The van der Waals surface area contributed by atoms with Crippen molar-refractivity contribution in [2.24, 2.45) is 0 Å². The molecule has 7 nitrogen and oxygen atoms in total. The van der Waals surface area contributed by atoms with Crippen LogP contribution in [-0.4, -0.2) is 30.0 Å². The molecule has 0 heterocycles. The average molecular weight is 334 g/mol. The number of nitrogens with one attached hydrogen (secondary N) is 2. The maximum Gasteiger partial charge on any atom is 0.262 e. The molecule has 1 aromatic carbocycles. The third-order valence-corrected chi connectivity index (χ3v) is 5.98. The maximum absolute atomic E-state index is 12.0. The maximum atomic E-state index is 12.0. The predicted octanol–water partition coefficient (Wildman–Crippen LogP) is 0.747. The van der Waals surface area contributed by atoms with Gasteiger partial charge in [0.05, 0.1) is 15.9 Å². The van der Waals surface area contributed by atoms with Gasteiger partial charge in [-0.05, 0) is 44.2 Å². The van der Waals surface area contributed by atoms with E-state index in [1.54, 1.807) is 0 Å². The largest absolute Gasteiger partial charge is 0.284 e. The van der Waals surface area contributed by atoms with E-state index < -0.39 is 20.0 Å². The fourth-order valence-corrected chi connectivity index (χ4v) is 3.68. The van der Waals surface area contributed by atoms with Crippen molar-refractivity contribution in [1.29, 1.82) is 0 Å². The standard InChI is InChI=1S/C12H18N2O5S2/c1-13-20(15,16)11-6-8-12(9-7-11)21(17,18)14-19-10-4-2-3-5-10/h6-10,13-14H,2-5H2,1H3. The zero-order valence-corrected chi connectivity index (χ0v) is 13.2. The van der Waals surface area contributed by atoms with E-state index in [1.165, 1.54) is 31.3 Å². The quantitative estimate of drug-likeness (QED) is 0.748. The van der Waals surface area contributed by atoms with Gasteiger partial charge in [0.2, 0.25) is 10.0 Å². The van der Waals surface area contributed by atoms with Gasteiger partial charge in [-0.1, -0.05) is 17.7 Å². The van der Waals surface area contributed by atoms with Crippen LogP contribution < -0.4 is 9.61 Å². The summed E-state index contributed by atoms with van der Waals surface area (Å²) < 4.78 is 49.3. The lowest BCUT2D eigenvalue weighted by molar-refractivity contribution is 0.0223. The van der Waals surface area contributed by atoms with Crippen LogP contribution in [0.1, 0.15) is 25.7 Å². The van der Waals surface area contributed by atoms with Gasteiger partial charge in [-0.15, -0.1) is 0 Å². The molecule has 0 atom stereocenters. The van der Waals surface area contributed by atoms with Crippen molar-refractivity contribution in [3.8, 4) is 0 Å². The van der Waals surface area contributed by atoms with Gasteiger partial charge in [0.1, 0.15) is 0 Å². The summed E-state index contributed by atoms with van der Waals surface area (Å²) in [5, 5.41) is 0. The monoisotopic (exact) mass is 334 g/mol. The Kier molecular flexibility index (Phi) is 4.99. The third kappa shape index (κ3) is 4.01. The molecule has 0 bridgehead atoms. The van der Waals surface area contributed by atoms with Crippen molar-refractivity contribution >= 4 is 20.0 Å². The minimum absolute atomic E-state index is 0.000612. The van der Waals surface area contributed by atoms with Crippen LogP contribution in [0.3, 0.4) is 0 Å². The SMILES string of the molecule is CNS(=O)(=O)c1ccc(S(=O)(=O)NOC2CCCC2)cc1. The summed E-state index contributed by atoms with van der Waals surface area (Å²) in [6, 6.07) is 4.92. The molecule has 9 heteroatoms.